The van der Waals surface area contributed by atoms with Crippen LogP contribution in [-0.2, 0) is 10.2 Å². The lowest BCUT2D eigenvalue weighted by atomic mass is 9.94. The average Bonchev–Trinajstić information content (AvgIpc) is 3.42. The number of halogens is 1. The van der Waals surface area contributed by atoms with Gasteiger partial charge >= 0.3 is 0 Å². The Labute approximate surface area is 152 Å². The second kappa shape index (κ2) is 7.28. The number of nitrogens with one attached hydrogen (secondary N) is 2. The summed E-state index contributed by atoms with van der Waals surface area (Å²) in [5.74, 6) is -0.182. The summed E-state index contributed by atoms with van der Waals surface area (Å²) >= 11 is 0. The lowest BCUT2D eigenvalue weighted by Gasteiger charge is -2.17. The van der Waals surface area contributed by atoms with Crippen molar-refractivity contribution in [1.29, 1.82) is 0 Å². The van der Waals surface area contributed by atoms with E-state index >= 15 is 0 Å². The summed E-state index contributed by atoms with van der Waals surface area (Å²) in [6.45, 7) is 4.81. The molecule has 0 atom stereocenters. The second-order valence-corrected chi connectivity index (χ2v) is 7.22. The number of amides is 2. The second-order valence-electron chi connectivity index (χ2n) is 7.22. The van der Waals surface area contributed by atoms with E-state index in [1.807, 2.05) is 12.1 Å². The minimum absolute atomic E-state index is 0.0781. The lowest BCUT2D eigenvalue weighted by Crippen LogP contribution is -2.36. The molecule has 1 aliphatic carbocycles. The van der Waals surface area contributed by atoms with Gasteiger partial charge in [0.15, 0.2) is 0 Å². The standard InChI is InChI=1S/C21H23FN2O2/c1-14(2)13-23-20(26)21(11-12-21)16-5-9-18(10-6-16)24-19(25)15-3-7-17(22)8-4-15/h3-10,14H,11-13H2,1-2H3,(H,23,26)(H,24,25). The van der Waals surface area contributed by atoms with Crippen molar-refractivity contribution in [3.63, 3.8) is 0 Å². The molecule has 3 rings (SSSR count). The first kappa shape index (κ1) is 18.1. The summed E-state index contributed by atoms with van der Waals surface area (Å²) in [7, 11) is 0. The van der Waals surface area contributed by atoms with E-state index in [0.717, 1.165) is 18.4 Å². The molecule has 1 saturated carbocycles. The van der Waals surface area contributed by atoms with E-state index in [2.05, 4.69) is 24.5 Å². The maximum atomic E-state index is 12.9. The highest BCUT2D eigenvalue weighted by Crippen LogP contribution is 2.48. The first-order valence-electron chi connectivity index (χ1n) is 8.86. The van der Waals surface area contributed by atoms with Crippen LogP contribution < -0.4 is 10.6 Å². The molecule has 0 bridgehead atoms. The molecule has 1 fully saturated rings. The van der Waals surface area contributed by atoms with Gasteiger partial charge < -0.3 is 10.6 Å². The normalized spacial score (nSPS) is 14.8. The smallest absolute Gasteiger partial charge is 0.255 e. The molecule has 2 aromatic carbocycles. The molecule has 0 saturated heterocycles. The zero-order valence-electron chi connectivity index (χ0n) is 15.0. The van der Waals surface area contributed by atoms with Crippen LogP contribution in [0.3, 0.4) is 0 Å². The van der Waals surface area contributed by atoms with Gasteiger partial charge in [-0.2, -0.15) is 0 Å². The Bertz CT molecular complexity index is 794. The topological polar surface area (TPSA) is 58.2 Å². The van der Waals surface area contributed by atoms with Crippen molar-refractivity contribution in [2.24, 2.45) is 5.92 Å². The molecule has 0 radical (unpaired) electrons. The van der Waals surface area contributed by atoms with Crippen LogP contribution in [0.15, 0.2) is 48.5 Å². The average molecular weight is 354 g/mol. The number of anilines is 1. The maximum Gasteiger partial charge on any atom is 0.255 e. The molecule has 0 aromatic heterocycles. The van der Waals surface area contributed by atoms with E-state index in [-0.39, 0.29) is 17.6 Å². The predicted molar refractivity (Wildman–Crippen MR) is 99.6 cm³/mol. The molecule has 5 heteroatoms. The Morgan fingerprint density at radius 2 is 1.65 bits per heavy atom. The van der Waals surface area contributed by atoms with E-state index < -0.39 is 5.41 Å². The summed E-state index contributed by atoms with van der Waals surface area (Å²) in [5, 5.41) is 5.80. The van der Waals surface area contributed by atoms with Crippen molar-refractivity contribution in [3.8, 4) is 0 Å². The molecular weight excluding hydrogens is 331 g/mol. The number of carbonyl (C=O) groups excluding carboxylic acids is 2. The molecule has 0 heterocycles. The SMILES string of the molecule is CC(C)CNC(=O)C1(c2ccc(NC(=O)c3ccc(F)cc3)cc2)CC1. The van der Waals surface area contributed by atoms with Gasteiger partial charge in [0.25, 0.3) is 5.91 Å². The third kappa shape index (κ3) is 3.93. The number of hydrogen-bond acceptors (Lipinski definition) is 2. The van der Waals surface area contributed by atoms with Gasteiger partial charge in [-0.05, 0) is 60.7 Å². The van der Waals surface area contributed by atoms with E-state index in [9.17, 15) is 14.0 Å². The van der Waals surface area contributed by atoms with Crippen LogP contribution in [0.5, 0.6) is 0 Å². The summed E-state index contributed by atoms with van der Waals surface area (Å²) in [6.07, 6.45) is 1.69. The Morgan fingerprint density at radius 1 is 1.04 bits per heavy atom. The minimum Gasteiger partial charge on any atom is -0.355 e. The van der Waals surface area contributed by atoms with Crippen LogP contribution in [0.2, 0.25) is 0 Å². The highest BCUT2D eigenvalue weighted by molar-refractivity contribution is 6.04. The molecule has 2 amide bonds. The van der Waals surface area contributed by atoms with E-state index in [0.29, 0.717) is 23.7 Å². The molecule has 0 spiro atoms. The molecule has 2 aromatic rings. The van der Waals surface area contributed by atoms with E-state index in [1.165, 1.54) is 24.3 Å². The Morgan fingerprint density at radius 3 is 2.19 bits per heavy atom. The fraction of sp³-hybridized carbons (Fsp3) is 0.333. The number of hydrogen-bond donors (Lipinski definition) is 2. The fourth-order valence-electron chi connectivity index (χ4n) is 2.91. The molecule has 2 N–H and O–H groups in total. The summed E-state index contributed by atoms with van der Waals surface area (Å²) < 4.78 is 12.9. The van der Waals surface area contributed by atoms with Crippen LogP contribution in [0.1, 0.15) is 42.6 Å². The van der Waals surface area contributed by atoms with Gasteiger partial charge in [-0.3, -0.25) is 9.59 Å². The molecule has 0 unspecified atom stereocenters. The third-order valence-corrected chi connectivity index (χ3v) is 4.66. The Kier molecular flexibility index (Phi) is 5.07. The summed E-state index contributed by atoms with van der Waals surface area (Å²) in [6, 6.07) is 12.8. The largest absolute Gasteiger partial charge is 0.355 e. The number of benzene rings is 2. The number of rotatable bonds is 6. The highest BCUT2D eigenvalue weighted by atomic mass is 19.1. The van der Waals surface area contributed by atoms with Crippen molar-refractivity contribution in [1.82, 2.24) is 5.32 Å². The van der Waals surface area contributed by atoms with Gasteiger partial charge in [0.1, 0.15) is 5.82 Å². The highest BCUT2D eigenvalue weighted by Gasteiger charge is 2.51. The van der Waals surface area contributed by atoms with Crippen molar-refractivity contribution < 1.29 is 14.0 Å². The monoisotopic (exact) mass is 354 g/mol. The third-order valence-electron chi connectivity index (χ3n) is 4.66. The molecule has 4 nitrogen and oxygen atoms in total. The fourth-order valence-corrected chi connectivity index (χ4v) is 2.91. The Balaban J connectivity index is 1.66. The quantitative estimate of drug-likeness (QED) is 0.827. The number of carbonyl (C=O) groups is 2. The molecular formula is C21H23FN2O2. The Hall–Kier alpha value is -2.69. The molecule has 136 valence electrons. The zero-order valence-corrected chi connectivity index (χ0v) is 15.0. The first-order chi connectivity index (χ1) is 12.4. The van der Waals surface area contributed by atoms with Crippen molar-refractivity contribution >= 4 is 17.5 Å². The van der Waals surface area contributed by atoms with Gasteiger partial charge in [0.2, 0.25) is 5.91 Å². The van der Waals surface area contributed by atoms with Gasteiger partial charge in [-0.1, -0.05) is 26.0 Å². The first-order valence-corrected chi connectivity index (χ1v) is 8.86. The molecule has 1 aliphatic rings. The van der Waals surface area contributed by atoms with Gasteiger partial charge in [0.05, 0.1) is 5.41 Å². The van der Waals surface area contributed by atoms with Crippen molar-refractivity contribution in [2.45, 2.75) is 32.1 Å². The minimum atomic E-state index is -0.422. The van der Waals surface area contributed by atoms with Crippen LogP contribution >= 0.6 is 0 Å². The van der Waals surface area contributed by atoms with E-state index in [4.69, 9.17) is 0 Å². The van der Waals surface area contributed by atoms with Crippen molar-refractivity contribution in [3.05, 3.63) is 65.5 Å². The van der Waals surface area contributed by atoms with Crippen molar-refractivity contribution in [2.75, 3.05) is 11.9 Å². The van der Waals surface area contributed by atoms with Gasteiger partial charge in [-0.15, -0.1) is 0 Å². The van der Waals surface area contributed by atoms with Crippen LogP contribution in [-0.4, -0.2) is 18.4 Å². The summed E-state index contributed by atoms with van der Waals surface area (Å²) in [4.78, 5) is 24.7. The maximum absolute atomic E-state index is 12.9. The van der Waals surface area contributed by atoms with E-state index in [1.54, 1.807) is 12.1 Å². The van der Waals surface area contributed by atoms with Crippen LogP contribution in [0.4, 0.5) is 10.1 Å². The zero-order chi connectivity index (χ0) is 18.7. The predicted octanol–water partition coefficient (Wildman–Crippen LogP) is 3.88. The molecule has 0 aliphatic heterocycles. The summed E-state index contributed by atoms with van der Waals surface area (Å²) in [5.41, 5.74) is 1.58. The lowest BCUT2D eigenvalue weighted by molar-refractivity contribution is -0.123. The van der Waals surface area contributed by atoms with Gasteiger partial charge in [0, 0.05) is 17.8 Å². The van der Waals surface area contributed by atoms with Crippen LogP contribution in [0.25, 0.3) is 0 Å². The van der Waals surface area contributed by atoms with Crippen LogP contribution in [0, 0.1) is 11.7 Å². The molecule has 26 heavy (non-hydrogen) atoms. The van der Waals surface area contributed by atoms with Gasteiger partial charge in [-0.25, -0.2) is 4.39 Å².